The van der Waals surface area contributed by atoms with E-state index in [0.29, 0.717) is 17.8 Å². The van der Waals surface area contributed by atoms with E-state index in [-0.39, 0.29) is 0 Å². The average Bonchev–Trinajstić information content (AvgIpc) is 3.06. The molecule has 3 rings (SSSR count). The van der Waals surface area contributed by atoms with Crippen LogP contribution < -0.4 is 5.32 Å². The summed E-state index contributed by atoms with van der Waals surface area (Å²) in [5.41, 5.74) is 1.60. The van der Waals surface area contributed by atoms with Gasteiger partial charge in [-0.05, 0) is 52.7 Å². The van der Waals surface area contributed by atoms with Crippen LogP contribution in [0.5, 0.6) is 0 Å². The highest BCUT2D eigenvalue weighted by Gasteiger charge is 2.29. The Labute approximate surface area is 132 Å². The van der Waals surface area contributed by atoms with Gasteiger partial charge in [0.15, 0.2) is 0 Å². The summed E-state index contributed by atoms with van der Waals surface area (Å²) in [5.74, 6) is 0. The van der Waals surface area contributed by atoms with Gasteiger partial charge in [0.2, 0.25) is 0 Å². The minimum absolute atomic E-state index is 0.359. The lowest BCUT2D eigenvalue weighted by Crippen LogP contribution is -2.38. The summed E-state index contributed by atoms with van der Waals surface area (Å²) in [6.45, 7) is 4.75. The van der Waals surface area contributed by atoms with E-state index < -0.39 is 5.60 Å². The van der Waals surface area contributed by atoms with Crippen molar-refractivity contribution in [2.75, 3.05) is 6.54 Å². The minimum Gasteiger partial charge on any atom is -0.384 e. The normalized spacial score (nSPS) is 25.1. The van der Waals surface area contributed by atoms with E-state index in [0.717, 1.165) is 12.0 Å². The summed E-state index contributed by atoms with van der Waals surface area (Å²) in [5, 5.41) is 21.0. The van der Waals surface area contributed by atoms with Gasteiger partial charge in [0.1, 0.15) is 5.60 Å². The van der Waals surface area contributed by atoms with Crippen molar-refractivity contribution in [1.82, 2.24) is 5.32 Å². The number of thioether (sulfide) groups is 1. The highest BCUT2D eigenvalue weighted by atomic mass is 32.2. The van der Waals surface area contributed by atoms with Crippen LogP contribution in [0.1, 0.15) is 37.4 Å². The van der Waals surface area contributed by atoms with Crippen LogP contribution in [0.4, 0.5) is 0 Å². The number of thiophene rings is 2. The topological polar surface area (TPSA) is 32.3 Å². The van der Waals surface area contributed by atoms with Crippen LogP contribution in [0.2, 0.25) is 0 Å². The number of fused-ring (bicyclic) bond motifs is 1. The molecule has 2 N–H and O–H groups in total. The molecule has 1 aliphatic heterocycles. The Morgan fingerprint density at radius 1 is 1.40 bits per heavy atom. The molecule has 0 fully saturated rings. The average molecular weight is 326 g/mol. The number of hydrogen-bond donors (Lipinski definition) is 2. The van der Waals surface area contributed by atoms with E-state index >= 15 is 0 Å². The highest BCUT2D eigenvalue weighted by Crippen LogP contribution is 2.43. The summed E-state index contributed by atoms with van der Waals surface area (Å²) in [6.07, 6.45) is 1.12. The van der Waals surface area contributed by atoms with Gasteiger partial charge in [0, 0.05) is 17.8 Å². The van der Waals surface area contributed by atoms with Crippen LogP contribution in [-0.2, 0) is 5.60 Å². The molecular weight excluding hydrogens is 306 g/mol. The number of aliphatic hydroxyl groups is 1. The second-order valence-electron chi connectivity index (χ2n) is 5.55. The van der Waals surface area contributed by atoms with E-state index in [1.165, 1.54) is 9.77 Å². The van der Waals surface area contributed by atoms with Crippen molar-refractivity contribution in [3.63, 3.8) is 0 Å². The van der Waals surface area contributed by atoms with Crippen molar-refractivity contribution < 1.29 is 5.11 Å². The summed E-state index contributed by atoms with van der Waals surface area (Å²) in [7, 11) is 0. The minimum atomic E-state index is -0.802. The zero-order valence-electron chi connectivity index (χ0n) is 11.6. The molecule has 2 nitrogen and oxygen atoms in total. The zero-order valence-corrected chi connectivity index (χ0v) is 14.1. The van der Waals surface area contributed by atoms with Gasteiger partial charge in [-0.3, -0.25) is 0 Å². The quantitative estimate of drug-likeness (QED) is 0.882. The molecule has 2 aromatic heterocycles. The van der Waals surface area contributed by atoms with Crippen molar-refractivity contribution >= 4 is 34.4 Å². The van der Waals surface area contributed by atoms with Crippen molar-refractivity contribution in [2.24, 2.45) is 0 Å². The molecule has 2 unspecified atom stereocenters. The molecule has 0 amide bonds. The third-order valence-electron chi connectivity index (χ3n) is 3.75. The van der Waals surface area contributed by atoms with Gasteiger partial charge in [-0.25, -0.2) is 0 Å². The number of rotatable bonds is 4. The fourth-order valence-corrected chi connectivity index (χ4v) is 5.89. The Kier molecular flexibility index (Phi) is 4.24. The van der Waals surface area contributed by atoms with Gasteiger partial charge in [0.25, 0.3) is 0 Å². The van der Waals surface area contributed by atoms with E-state index in [2.05, 4.69) is 23.7 Å². The smallest absolute Gasteiger partial charge is 0.100 e. The fourth-order valence-electron chi connectivity index (χ4n) is 2.54. The first kappa shape index (κ1) is 14.6. The van der Waals surface area contributed by atoms with Crippen LogP contribution in [0.3, 0.4) is 0 Å². The van der Waals surface area contributed by atoms with Crippen molar-refractivity contribution in [3.05, 3.63) is 39.4 Å². The molecule has 108 valence electrons. The lowest BCUT2D eigenvalue weighted by Gasteiger charge is -2.31. The van der Waals surface area contributed by atoms with Crippen molar-refractivity contribution in [3.8, 4) is 0 Å². The first-order valence-electron chi connectivity index (χ1n) is 6.79. The van der Waals surface area contributed by atoms with Crippen LogP contribution in [0, 0.1) is 0 Å². The maximum atomic E-state index is 10.6. The molecule has 0 radical (unpaired) electrons. The molecule has 0 spiro atoms. The van der Waals surface area contributed by atoms with Gasteiger partial charge < -0.3 is 10.4 Å². The van der Waals surface area contributed by atoms with Gasteiger partial charge in [-0.1, -0.05) is 6.92 Å². The van der Waals surface area contributed by atoms with Crippen molar-refractivity contribution in [2.45, 2.75) is 41.4 Å². The van der Waals surface area contributed by atoms with Crippen LogP contribution in [0.15, 0.2) is 32.5 Å². The second kappa shape index (κ2) is 5.81. The Balaban J connectivity index is 1.70. The van der Waals surface area contributed by atoms with E-state index in [1.807, 2.05) is 46.8 Å². The van der Waals surface area contributed by atoms with Gasteiger partial charge in [-0.2, -0.15) is 11.3 Å². The maximum absolute atomic E-state index is 10.6. The maximum Gasteiger partial charge on any atom is 0.100 e. The molecule has 0 saturated carbocycles. The lowest BCUT2D eigenvalue weighted by molar-refractivity contribution is 0.0537. The first-order valence-corrected chi connectivity index (χ1v) is 9.49. The van der Waals surface area contributed by atoms with E-state index in [1.54, 1.807) is 11.3 Å². The molecule has 5 heteroatoms. The van der Waals surface area contributed by atoms with Gasteiger partial charge in [0.05, 0.1) is 4.21 Å². The molecule has 0 saturated heterocycles. The molecule has 0 bridgehead atoms. The first-order chi connectivity index (χ1) is 9.56. The summed E-state index contributed by atoms with van der Waals surface area (Å²) < 4.78 is 1.43. The van der Waals surface area contributed by atoms with Crippen LogP contribution in [0.25, 0.3) is 0 Å². The van der Waals surface area contributed by atoms with E-state index in [4.69, 9.17) is 0 Å². The number of nitrogens with one attached hydrogen (secondary N) is 1. The summed E-state index contributed by atoms with van der Waals surface area (Å²) in [4.78, 5) is 0. The molecular formula is C15H19NOS3. The summed E-state index contributed by atoms with van der Waals surface area (Å²) in [6, 6.07) is 4.58. The Morgan fingerprint density at radius 2 is 2.25 bits per heavy atom. The Morgan fingerprint density at radius 3 is 3.00 bits per heavy atom. The predicted octanol–water partition coefficient (Wildman–Crippen LogP) is 4.23. The lowest BCUT2D eigenvalue weighted by atomic mass is 9.97. The fraction of sp³-hybridized carbons (Fsp3) is 0.467. The molecule has 3 heterocycles. The largest absolute Gasteiger partial charge is 0.384 e. The Bertz CT molecular complexity index is 561. The Hall–Kier alpha value is -0.330. The molecule has 0 aliphatic carbocycles. The van der Waals surface area contributed by atoms with Crippen molar-refractivity contribution in [1.29, 1.82) is 0 Å². The standard InChI is InChI=1S/C15H19NOS3/c1-10-7-13(12-4-6-19-14(12)20-10)16-9-15(2,17)11-3-5-18-8-11/h3-6,8,10,13,16-17H,7,9H2,1-2H3/t10-,13?,15?/m0/s1. The zero-order chi connectivity index (χ0) is 14.2. The monoisotopic (exact) mass is 325 g/mol. The second-order valence-corrected chi connectivity index (χ2v) is 8.95. The van der Waals surface area contributed by atoms with Crippen LogP contribution >= 0.6 is 34.4 Å². The molecule has 3 atom stereocenters. The molecule has 2 aromatic rings. The van der Waals surface area contributed by atoms with Gasteiger partial charge in [-0.15, -0.1) is 23.1 Å². The molecule has 0 aromatic carbocycles. The highest BCUT2D eigenvalue weighted by molar-refractivity contribution is 8.01. The summed E-state index contributed by atoms with van der Waals surface area (Å²) >= 11 is 5.43. The number of hydrogen-bond acceptors (Lipinski definition) is 5. The van der Waals surface area contributed by atoms with Gasteiger partial charge >= 0.3 is 0 Å². The van der Waals surface area contributed by atoms with Crippen LogP contribution in [-0.4, -0.2) is 16.9 Å². The molecule has 20 heavy (non-hydrogen) atoms. The predicted molar refractivity (Wildman–Crippen MR) is 88.9 cm³/mol. The SMILES string of the molecule is C[C@H]1CC(NCC(C)(O)c2ccsc2)c2ccsc2S1. The molecule has 1 aliphatic rings. The third kappa shape index (κ3) is 2.97. The van der Waals surface area contributed by atoms with E-state index in [9.17, 15) is 5.11 Å². The third-order valence-corrected chi connectivity index (χ3v) is 6.77.